The molecule has 0 radical (unpaired) electrons. The van der Waals surface area contributed by atoms with Crippen LogP contribution in [-0.2, 0) is 11.5 Å². The Morgan fingerprint density at radius 1 is 1.25 bits per heavy atom. The van der Waals surface area contributed by atoms with Crippen LogP contribution in [0.1, 0.15) is 43.7 Å². The normalized spacial score (nSPS) is 20.0. The topological polar surface area (TPSA) is 26.0 Å². The first-order valence-corrected chi connectivity index (χ1v) is 5.70. The molecule has 0 unspecified atom stereocenters. The lowest BCUT2D eigenvalue weighted by molar-refractivity contribution is 0.0173. The highest BCUT2D eigenvalue weighted by Crippen LogP contribution is 2.38. The van der Waals surface area contributed by atoms with Gasteiger partial charge in [0.05, 0.1) is 0 Å². The average molecular weight is 225 g/mol. The lowest BCUT2D eigenvalue weighted by atomic mass is 9.88. The average Bonchev–Trinajstić information content (AvgIpc) is 2.66. The molecule has 1 saturated carbocycles. The van der Waals surface area contributed by atoms with Gasteiger partial charge in [0.1, 0.15) is 0 Å². The van der Waals surface area contributed by atoms with Crippen LogP contribution in [-0.4, -0.2) is 0 Å². The third kappa shape index (κ3) is 2.09. The quantitative estimate of drug-likeness (QED) is 0.818. The summed E-state index contributed by atoms with van der Waals surface area (Å²) in [6.45, 7) is 0.921. The van der Waals surface area contributed by atoms with Gasteiger partial charge in [-0.3, -0.25) is 0 Å². The Morgan fingerprint density at radius 2 is 1.88 bits per heavy atom. The summed E-state index contributed by atoms with van der Waals surface area (Å²) in [4.78, 5) is 0. The van der Waals surface area contributed by atoms with Gasteiger partial charge >= 0.3 is 0 Å². The minimum atomic E-state index is -2.79. The van der Waals surface area contributed by atoms with Crippen LogP contribution >= 0.6 is 0 Å². The number of rotatable bonds is 2. The van der Waals surface area contributed by atoms with Crippen molar-refractivity contribution in [3.8, 4) is 0 Å². The maximum atomic E-state index is 13.2. The second kappa shape index (κ2) is 3.81. The van der Waals surface area contributed by atoms with Gasteiger partial charge in [-0.2, -0.15) is 0 Å². The van der Waals surface area contributed by atoms with Crippen molar-refractivity contribution in [2.24, 2.45) is 5.73 Å². The second-order valence-corrected chi connectivity index (χ2v) is 4.83. The molecule has 2 rings (SSSR count). The van der Waals surface area contributed by atoms with Crippen molar-refractivity contribution in [1.82, 2.24) is 0 Å². The molecule has 1 aliphatic carbocycles. The molecule has 0 heterocycles. The van der Waals surface area contributed by atoms with E-state index in [9.17, 15) is 8.78 Å². The van der Waals surface area contributed by atoms with Gasteiger partial charge in [-0.15, -0.1) is 0 Å². The largest absolute Gasteiger partial charge is 0.321 e. The molecule has 16 heavy (non-hydrogen) atoms. The number of hydrogen-bond donors (Lipinski definition) is 1. The standard InChI is InChI=1S/C13H17F2N/c1-12(14,15)10-5-4-6-11(9-10)13(16)7-2-3-8-13/h4-6,9H,2-3,7-8,16H2,1H3. The molecule has 88 valence electrons. The molecular weight excluding hydrogens is 208 g/mol. The van der Waals surface area contributed by atoms with E-state index in [1.807, 2.05) is 6.07 Å². The highest BCUT2D eigenvalue weighted by Gasteiger charge is 2.33. The number of benzene rings is 1. The van der Waals surface area contributed by atoms with E-state index in [2.05, 4.69) is 0 Å². The summed E-state index contributed by atoms with van der Waals surface area (Å²) in [7, 11) is 0. The van der Waals surface area contributed by atoms with Crippen LogP contribution in [0.5, 0.6) is 0 Å². The van der Waals surface area contributed by atoms with Gasteiger partial charge in [-0.25, -0.2) is 8.78 Å². The van der Waals surface area contributed by atoms with Crippen LogP contribution < -0.4 is 5.73 Å². The molecule has 0 atom stereocenters. The SMILES string of the molecule is CC(F)(F)c1cccc(C2(N)CCCC2)c1. The van der Waals surface area contributed by atoms with Gasteiger partial charge in [0.2, 0.25) is 0 Å². The van der Waals surface area contributed by atoms with Gasteiger partial charge in [0.25, 0.3) is 5.92 Å². The van der Waals surface area contributed by atoms with Crippen LogP contribution in [0.25, 0.3) is 0 Å². The minimum Gasteiger partial charge on any atom is -0.321 e. The zero-order valence-electron chi connectivity index (χ0n) is 9.47. The van der Waals surface area contributed by atoms with Crippen molar-refractivity contribution >= 4 is 0 Å². The molecule has 3 heteroatoms. The maximum Gasteiger partial charge on any atom is 0.270 e. The molecule has 2 N–H and O–H groups in total. The summed E-state index contributed by atoms with van der Waals surface area (Å²) in [6.07, 6.45) is 3.96. The van der Waals surface area contributed by atoms with Crippen molar-refractivity contribution in [2.75, 3.05) is 0 Å². The minimum absolute atomic E-state index is 0.0572. The zero-order chi connectivity index (χ0) is 11.8. The monoisotopic (exact) mass is 225 g/mol. The Morgan fingerprint density at radius 3 is 2.44 bits per heavy atom. The van der Waals surface area contributed by atoms with Gasteiger partial charge < -0.3 is 5.73 Å². The van der Waals surface area contributed by atoms with E-state index in [0.29, 0.717) is 0 Å². The Labute approximate surface area is 94.7 Å². The highest BCUT2D eigenvalue weighted by molar-refractivity contribution is 5.32. The third-order valence-corrected chi connectivity index (χ3v) is 3.44. The maximum absolute atomic E-state index is 13.2. The molecule has 0 aliphatic heterocycles. The first kappa shape index (κ1) is 11.5. The number of alkyl halides is 2. The van der Waals surface area contributed by atoms with Crippen molar-refractivity contribution in [3.63, 3.8) is 0 Å². The van der Waals surface area contributed by atoms with Crippen molar-refractivity contribution in [1.29, 1.82) is 0 Å². The highest BCUT2D eigenvalue weighted by atomic mass is 19.3. The number of nitrogens with two attached hydrogens (primary N) is 1. The van der Waals surface area contributed by atoms with Crippen molar-refractivity contribution < 1.29 is 8.78 Å². The van der Waals surface area contributed by atoms with Gasteiger partial charge in [-0.1, -0.05) is 31.0 Å². The smallest absolute Gasteiger partial charge is 0.270 e. The molecule has 1 nitrogen and oxygen atoms in total. The van der Waals surface area contributed by atoms with E-state index < -0.39 is 5.92 Å². The van der Waals surface area contributed by atoms with Gasteiger partial charge in [-0.05, 0) is 24.5 Å². The van der Waals surface area contributed by atoms with Crippen LogP contribution in [0.15, 0.2) is 24.3 Å². The van der Waals surface area contributed by atoms with Crippen LogP contribution in [0.2, 0.25) is 0 Å². The first-order valence-electron chi connectivity index (χ1n) is 5.70. The molecular formula is C13H17F2N. The lowest BCUT2D eigenvalue weighted by Gasteiger charge is -2.25. The predicted octanol–water partition coefficient (Wildman–Crippen LogP) is 3.53. The summed E-state index contributed by atoms with van der Waals surface area (Å²) in [5.74, 6) is -2.79. The Hall–Kier alpha value is -0.960. The molecule has 1 aromatic rings. The van der Waals surface area contributed by atoms with Crippen LogP contribution in [0, 0.1) is 0 Å². The molecule has 0 amide bonds. The third-order valence-electron chi connectivity index (χ3n) is 3.44. The summed E-state index contributed by atoms with van der Waals surface area (Å²) in [6, 6.07) is 6.56. The van der Waals surface area contributed by atoms with Gasteiger partial charge in [0, 0.05) is 18.0 Å². The van der Waals surface area contributed by atoms with E-state index in [4.69, 9.17) is 5.73 Å². The molecule has 0 saturated heterocycles. The molecule has 1 aliphatic rings. The fraction of sp³-hybridized carbons (Fsp3) is 0.538. The van der Waals surface area contributed by atoms with E-state index in [-0.39, 0.29) is 11.1 Å². The lowest BCUT2D eigenvalue weighted by Crippen LogP contribution is -2.33. The summed E-state index contributed by atoms with van der Waals surface area (Å²) >= 11 is 0. The summed E-state index contributed by atoms with van der Waals surface area (Å²) in [5.41, 5.74) is 6.77. The van der Waals surface area contributed by atoms with E-state index in [0.717, 1.165) is 38.2 Å². The van der Waals surface area contributed by atoms with Crippen molar-refractivity contribution in [3.05, 3.63) is 35.4 Å². The molecule has 0 bridgehead atoms. The van der Waals surface area contributed by atoms with Crippen LogP contribution in [0.3, 0.4) is 0 Å². The summed E-state index contributed by atoms with van der Waals surface area (Å²) in [5, 5.41) is 0. The zero-order valence-corrected chi connectivity index (χ0v) is 9.47. The van der Waals surface area contributed by atoms with E-state index in [1.54, 1.807) is 12.1 Å². The second-order valence-electron chi connectivity index (χ2n) is 4.83. The number of hydrogen-bond acceptors (Lipinski definition) is 1. The van der Waals surface area contributed by atoms with E-state index in [1.165, 1.54) is 6.07 Å². The van der Waals surface area contributed by atoms with Gasteiger partial charge in [0.15, 0.2) is 0 Å². The molecule has 0 aromatic heterocycles. The number of halogens is 2. The fourth-order valence-electron chi connectivity index (χ4n) is 2.40. The van der Waals surface area contributed by atoms with Crippen molar-refractivity contribution in [2.45, 2.75) is 44.1 Å². The predicted molar refractivity (Wildman–Crippen MR) is 60.3 cm³/mol. The Balaban J connectivity index is 2.36. The Kier molecular flexibility index (Phi) is 2.74. The van der Waals surface area contributed by atoms with E-state index >= 15 is 0 Å². The molecule has 1 fully saturated rings. The first-order chi connectivity index (χ1) is 7.42. The fourth-order valence-corrected chi connectivity index (χ4v) is 2.40. The van der Waals surface area contributed by atoms with Crippen LogP contribution in [0.4, 0.5) is 8.78 Å². The Bertz CT molecular complexity index is 376. The molecule has 0 spiro atoms. The molecule has 1 aromatic carbocycles. The summed E-state index contributed by atoms with van der Waals surface area (Å²) < 4.78 is 26.4.